The fourth-order valence-corrected chi connectivity index (χ4v) is 5.88. The van der Waals surface area contributed by atoms with Gasteiger partial charge < -0.3 is 10.1 Å². The first kappa shape index (κ1) is 18.8. The number of esters is 1. The predicted octanol–water partition coefficient (Wildman–Crippen LogP) is 3.38. The molecule has 1 aliphatic carbocycles. The molecule has 0 bridgehead atoms. The summed E-state index contributed by atoms with van der Waals surface area (Å²) >= 11 is 2.61. The number of amides is 1. The summed E-state index contributed by atoms with van der Waals surface area (Å²) in [6.45, 7) is 4.14. The van der Waals surface area contributed by atoms with Crippen LogP contribution in [-0.4, -0.2) is 28.5 Å². The number of fused-ring (bicyclic) bond motifs is 2. The quantitative estimate of drug-likeness (QED) is 0.657. The summed E-state index contributed by atoms with van der Waals surface area (Å²) in [5.74, 6) is -0.775. The maximum Gasteiger partial charge on any atom is 0.341 e. The molecule has 1 aliphatic rings. The summed E-state index contributed by atoms with van der Waals surface area (Å²) in [7, 11) is 1.34. The lowest BCUT2D eigenvalue weighted by atomic mass is 10.1. The first-order valence-electron chi connectivity index (χ1n) is 8.99. The highest BCUT2D eigenvalue weighted by Crippen LogP contribution is 2.40. The monoisotopic (exact) mass is 417 g/mol. The Hall–Kier alpha value is -2.52. The number of thiophene rings is 2. The zero-order valence-electron chi connectivity index (χ0n) is 15.7. The minimum atomic E-state index is -0.435. The number of hydrogen-bond donors (Lipinski definition) is 1. The summed E-state index contributed by atoms with van der Waals surface area (Å²) in [6, 6.07) is 0. The SMILES string of the molecule is CCn1cnc2sc(C(=O)Nc3sc4c(c3C(=O)OC)CCC4)c(C)c2c1=O. The molecule has 3 aromatic heterocycles. The molecule has 0 aromatic carbocycles. The van der Waals surface area contributed by atoms with Crippen molar-refractivity contribution in [3.05, 3.63) is 43.1 Å². The molecule has 0 radical (unpaired) electrons. The van der Waals surface area contributed by atoms with E-state index in [1.54, 1.807) is 6.92 Å². The lowest BCUT2D eigenvalue weighted by molar-refractivity contribution is 0.0601. The Labute approximate surface area is 169 Å². The minimum absolute atomic E-state index is 0.148. The molecule has 28 heavy (non-hydrogen) atoms. The van der Waals surface area contributed by atoms with E-state index >= 15 is 0 Å². The standard InChI is InChI=1S/C19H19N3O4S2/c1-4-22-8-20-16-12(18(22)24)9(2)14(28-16)15(23)21-17-13(19(25)26-3)10-6-5-7-11(10)27-17/h8H,4-7H2,1-3H3,(H,21,23). The van der Waals surface area contributed by atoms with E-state index < -0.39 is 5.97 Å². The highest BCUT2D eigenvalue weighted by molar-refractivity contribution is 7.21. The number of hydrogen-bond acceptors (Lipinski definition) is 7. The second-order valence-electron chi connectivity index (χ2n) is 6.58. The number of rotatable bonds is 4. The van der Waals surface area contributed by atoms with Crippen molar-refractivity contribution in [1.82, 2.24) is 9.55 Å². The van der Waals surface area contributed by atoms with Crippen LogP contribution in [0.3, 0.4) is 0 Å². The zero-order valence-corrected chi connectivity index (χ0v) is 17.4. The van der Waals surface area contributed by atoms with E-state index in [4.69, 9.17) is 4.74 Å². The molecule has 0 atom stereocenters. The molecule has 1 amide bonds. The van der Waals surface area contributed by atoms with Gasteiger partial charge >= 0.3 is 5.97 Å². The number of ether oxygens (including phenoxy) is 1. The second kappa shape index (κ2) is 7.14. The van der Waals surface area contributed by atoms with Crippen molar-refractivity contribution in [2.24, 2.45) is 0 Å². The van der Waals surface area contributed by atoms with Crippen LogP contribution in [0, 0.1) is 6.92 Å². The highest BCUT2D eigenvalue weighted by Gasteiger charge is 2.29. The van der Waals surface area contributed by atoms with Gasteiger partial charge in [-0.3, -0.25) is 14.2 Å². The molecule has 3 aromatic rings. The fourth-order valence-electron chi connectivity index (χ4n) is 3.57. The smallest absolute Gasteiger partial charge is 0.341 e. The molecule has 0 spiro atoms. The van der Waals surface area contributed by atoms with E-state index in [1.165, 1.54) is 40.7 Å². The van der Waals surface area contributed by atoms with Crippen molar-refractivity contribution in [1.29, 1.82) is 0 Å². The molecular formula is C19H19N3O4S2. The average Bonchev–Trinajstić information content (AvgIpc) is 3.34. The fraction of sp³-hybridized carbons (Fsp3) is 0.368. The predicted molar refractivity (Wildman–Crippen MR) is 110 cm³/mol. The first-order chi connectivity index (χ1) is 13.5. The molecule has 0 saturated carbocycles. The Morgan fingerprint density at radius 3 is 2.82 bits per heavy atom. The largest absolute Gasteiger partial charge is 0.465 e. The van der Waals surface area contributed by atoms with Gasteiger partial charge in [0.25, 0.3) is 11.5 Å². The third-order valence-corrected chi connectivity index (χ3v) is 7.41. The molecule has 146 valence electrons. The summed E-state index contributed by atoms with van der Waals surface area (Å²) in [5, 5.41) is 3.86. The number of nitrogens with one attached hydrogen (secondary N) is 1. The molecule has 0 unspecified atom stereocenters. The van der Waals surface area contributed by atoms with Crippen LogP contribution in [0.25, 0.3) is 10.2 Å². The maximum atomic E-state index is 13.0. The molecule has 7 nitrogen and oxygen atoms in total. The minimum Gasteiger partial charge on any atom is -0.465 e. The molecule has 9 heteroatoms. The zero-order chi connectivity index (χ0) is 20.0. The first-order valence-corrected chi connectivity index (χ1v) is 10.6. The number of anilines is 1. The number of aromatic nitrogens is 2. The van der Waals surface area contributed by atoms with Gasteiger partial charge in [0.2, 0.25) is 0 Å². The van der Waals surface area contributed by atoms with Gasteiger partial charge in [0.1, 0.15) is 9.83 Å². The van der Waals surface area contributed by atoms with Crippen LogP contribution in [0.4, 0.5) is 5.00 Å². The van der Waals surface area contributed by atoms with Gasteiger partial charge in [-0.15, -0.1) is 22.7 Å². The molecule has 1 N–H and O–H groups in total. The molecule has 0 fully saturated rings. The van der Waals surface area contributed by atoms with E-state index in [-0.39, 0.29) is 11.5 Å². The van der Waals surface area contributed by atoms with Crippen LogP contribution < -0.4 is 10.9 Å². The van der Waals surface area contributed by atoms with E-state index in [2.05, 4.69) is 10.3 Å². The lowest BCUT2D eigenvalue weighted by Gasteiger charge is -2.06. The number of carbonyl (C=O) groups excluding carboxylic acids is 2. The Morgan fingerprint density at radius 2 is 2.11 bits per heavy atom. The van der Waals surface area contributed by atoms with Gasteiger partial charge in [-0.2, -0.15) is 0 Å². The number of nitrogens with zero attached hydrogens (tertiary/aromatic N) is 2. The highest BCUT2D eigenvalue weighted by atomic mass is 32.1. The maximum absolute atomic E-state index is 13.0. The van der Waals surface area contributed by atoms with Gasteiger partial charge in [-0.05, 0) is 44.2 Å². The van der Waals surface area contributed by atoms with Crippen molar-refractivity contribution in [3.8, 4) is 0 Å². The Morgan fingerprint density at radius 1 is 1.32 bits per heavy atom. The van der Waals surface area contributed by atoms with Crippen molar-refractivity contribution in [2.45, 2.75) is 39.7 Å². The molecule has 4 rings (SSSR count). The molecule has 0 aliphatic heterocycles. The third kappa shape index (κ3) is 2.85. The number of carbonyl (C=O) groups is 2. The molecule has 0 saturated heterocycles. The summed E-state index contributed by atoms with van der Waals surface area (Å²) in [5.41, 5.74) is 1.90. The third-order valence-electron chi connectivity index (χ3n) is 5.00. The van der Waals surface area contributed by atoms with Crippen LogP contribution in [0.1, 0.15) is 49.4 Å². The van der Waals surface area contributed by atoms with Crippen LogP contribution in [0.5, 0.6) is 0 Å². The van der Waals surface area contributed by atoms with Gasteiger partial charge in [-0.25, -0.2) is 9.78 Å². The van der Waals surface area contributed by atoms with Gasteiger partial charge in [-0.1, -0.05) is 0 Å². The van der Waals surface area contributed by atoms with Crippen molar-refractivity contribution < 1.29 is 14.3 Å². The van der Waals surface area contributed by atoms with E-state index in [0.717, 1.165) is 29.7 Å². The van der Waals surface area contributed by atoms with E-state index in [1.807, 2.05) is 6.92 Å². The number of aryl methyl sites for hydroxylation is 3. The average molecular weight is 418 g/mol. The lowest BCUT2D eigenvalue weighted by Crippen LogP contribution is -2.19. The summed E-state index contributed by atoms with van der Waals surface area (Å²) in [6.07, 6.45) is 4.22. The van der Waals surface area contributed by atoms with Crippen molar-refractivity contribution >= 4 is 49.8 Å². The van der Waals surface area contributed by atoms with E-state index in [9.17, 15) is 14.4 Å². The van der Waals surface area contributed by atoms with Crippen LogP contribution >= 0.6 is 22.7 Å². The topological polar surface area (TPSA) is 90.3 Å². The molecular weight excluding hydrogens is 398 g/mol. The van der Waals surface area contributed by atoms with Crippen LogP contribution in [-0.2, 0) is 24.1 Å². The van der Waals surface area contributed by atoms with Gasteiger partial charge in [0, 0.05) is 11.4 Å². The molecule has 3 heterocycles. The second-order valence-corrected chi connectivity index (χ2v) is 8.68. The summed E-state index contributed by atoms with van der Waals surface area (Å²) in [4.78, 5) is 44.2. The number of methoxy groups -OCH3 is 1. The van der Waals surface area contributed by atoms with Crippen molar-refractivity contribution in [3.63, 3.8) is 0 Å². The van der Waals surface area contributed by atoms with E-state index in [0.29, 0.717) is 37.8 Å². The van der Waals surface area contributed by atoms with Crippen LogP contribution in [0.15, 0.2) is 11.1 Å². The van der Waals surface area contributed by atoms with Gasteiger partial charge in [0.15, 0.2) is 0 Å². The van der Waals surface area contributed by atoms with Crippen molar-refractivity contribution in [2.75, 3.05) is 12.4 Å². The Bertz CT molecular complexity index is 1170. The normalized spacial score (nSPS) is 13.0. The Balaban J connectivity index is 1.74. The Kier molecular flexibility index (Phi) is 4.80. The van der Waals surface area contributed by atoms with Crippen LogP contribution in [0.2, 0.25) is 0 Å². The summed E-state index contributed by atoms with van der Waals surface area (Å²) < 4.78 is 6.44. The van der Waals surface area contributed by atoms with Gasteiger partial charge in [0.05, 0.1) is 29.3 Å².